The monoisotopic (exact) mass is 432 g/mol. The maximum atomic E-state index is 13.1. The molecular weight excluding hydrogens is 400 g/mol. The number of rotatable bonds is 10. The molecule has 166 valence electrons. The van der Waals surface area contributed by atoms with Crippen LogP contribution >= 0.6 is 0 Å². The normalized spacial score (nSPS) is 25.3. The molecule has 0 aromatic carbocycles. The van der Waals surface area contributed by atoms with E-state index in [1.54, 1.807) is 6.92 Å². The molecule has 0 heterocycles. The molecule has 0 aliphatic heterocycles. The molecule has 1 amide bonds. The van der Waals surface area contributed by atoms with Crippen LogP contribution in [0.25, 0.3) is 0 Å². The lowest BCUT2D eigenvalue weighted by atomic mass is 9.78. The minimum Gasteiger partial charge on any atom is -0.481 e. The fourth-order valence-corrected chi connectivity index (χ4v) is 5.79. The Hall–Kier alpha value is -1.68. The lowest BCUT2D eigenvalue weighted by Crippen LogP contribution is -2.51. The summed E-state index contributed by atoms with van der Waals surface area (Å²) in [5.74, 6) is -2.89. The summed E-state index contributed by atoms with van der Waals surface area (Å²) in [6.45, 7) is 1.69. The highest BCUT2D eigenvalue weighted by atomic mass is 32.2. The summed E-state index contributed by atoms with van der Waals surface area (Å²) >= 11 is 0. The molecule has 2 aliphatic carbocycles. The molecule has 2 saturated carbocycles. The lowest BCUT2D eigenvalue weighted by Gasteiger charge is -2.34. The first-order valence-corrected chi connectivity index (χ1v) is 12.0. The van der Waals surface area contributed by atoms with Crippen molar-refractivity contribution >= 4 is 27.9 Å². The molecule has 0 saturated heterocycles. The molecule has 29 heavy (non-hydrogen) atoms. The van der Waals surface area contributed by atoms with Crippen molar-refractivity contribution in [3.63, 3.8) is 0 Å². The molecule has 1 unspecified atom stereocenters. The second-order valence-electron chi connectivity index (χ2n) is 8.38. The second-order valence-corrected chi connectivity index (χ2v) is 10.3. The van der Waals surface area contributed by atoms with Crippen molar-refractivity contribution in [3.8, 4) is 0 Å². The standard InChI is InChI=1S/C19H32N2O7S/c1-2-11-29(27,28)21-15(17(24)25)12-19(9-3-4-10-19)18(26)20-14-7-5-13(6-8-14)16(22)23/h13-15,21H,2-12H2,1H3,(H,20,26)(H,22,23)(H,24,25)/t13-,14+,15?. The van der Waals surface area contributed by atoms with Crippen LogP contribution in [0, 0.1) is 11.3 Å². The van der Waals surface area contributed by atoms with Gasteiger partial charge in [0.2, 0.25) is 15.9 Å². The Bertz CT molecular complexity index is 708. The molecular formula is C19H32N2O7S. The van der Waals surface area contributed by atoms with Crippen LogP contribution in [-0.2, 0) is 24.4 Å². The van der Waals surface area contributed by atoms with Crippen LogP contribution in [-0.4, -0.2) is 54.3 Å². The molecule has 2 rings (SSSR count). The van der Waals surface area contributed by atoms with Gasteiger partial charge in [-0.05, 0) is 51.4 Å². The Morgan fingerprint density at radius 3 is 2.14 bits per heavy atom. The highest BCUT2D eigenvalue weighted by molar-refractivity contribution is 7.89. The van der Waals surface area contributed by atoms with E-state index in [2.05, 4.69) is 10.0 Å². The summed E-state index contributed by atoms with van der Waals surface area (Å²) in [7, 11) is -3.73. The van der Waals surface area contributed by atoms with E-state index in [1.165, 1.54) is 0 Å². The quantitative estimate of drug-likeness (QED) is 0.408. The summed E-state index contributed by atoms with van der Waals surface area (Å²) < 4.78 is 26.4. The predicted octanol–water partition coefficient (Wildman–Crippen LogP) is 1.48. The third kappa shape index (κ3) is 6.40. The van der Waals surface area contributed by atoms with Crippen molar-refractivity contribution < 1.29 is 33.0 Å². The van der Waals surface area contributed by atoms with Gasteiger partial charge in [-0.25, -0.2) is 13.1 Å². The number of carbonyl (C=O) groups excluding carboxylic acids is 1. The van der Waals surface area contributed by atoms with E-state index in [-0.39, 0.29) is 30.0 Å². The molecule has 0 aromatic rings. The highest BCUT2D eigenvalue weighted by Gasteiger charge is 2.45. The largest absolute Gasteiger partial charge is 0.481 e. The molecule has 0 radical (unpaired) electrons. The molecule has 4 N–H and O–H groups in total. The number of amides is 1. The van der Waals surface area contributed by atoms with Crippen LogP contribution in [0.2, 0.25) is 0 Å². The third-order valence-corrected chi connectivity index (χ3v) is 7.73. The van der Waals surface area contributed by atoms with E-state index in [4.69, 9.17) is 5.11 Å². The van der Waals surface area contributed by atoms with Crippen LogP contribution in [0.1, 0.15) is 71.1 Å². The van der Waals surface area contributed by atoms with Crippen molar-refractivity contribution in [1.29, 1.82) is 0 Å². The van der Waals surface area contributed by atoms with Gasteiger partial charge in [-0.3, -0.25) is 14.4 Å². The van der Waals surface area contributed by atoms with Gasteiger partial charge < -0.3 is 15.5 Å². The summed E-state index contributed by atoms with van der Waals surface area (Å²) in [4.78, 5) is 35.9. The molecule has 2 aliphatic rings. The molecule has 0 bridgehead atoms. The molecule has 9 nitrogen and oxygen atoms in total. The molecule has 10 heteroatoms. The van der Waals surface area contributed by atoms with E-state index in [0.29, 0.717) is 44.9 Å². The fourth-order valence-electron chi connectivity index (χ4n) is 4.51. The van der Waals surface area contributed by atoms with Crippen LogP contribution in [0.5, 0.6) is 0 Å². The molecule has 0 aromatic heterocycles. The minimum atomic E-state index is -3.73. The van der Waals surface area contributed by atoms with Gasteiger partial charge in [-0.1, -0.05) is 19.8 Å². The van der Waals surface area contributed by atoms with Crippen LogP contribution in [0.3, 0.4) is 0 Å². The highest BCUT2D eigenvalue weighted by Crippen LogP contribution is 2.43. The van der Waals surface area contributed by atoms with Crippen LogP contribution in [0.4, 0.5) is 0 Å². The number of carboxylic acids is 2. The minimum absolute atomic E-state index is 0.0818. The van der Waals surface area contributed by atoms with Crippen molar-refractivity contribution in [2.75, 3.05) is 5.75 Å². The zero-order chi connectivity index (χ0) is 21.7. The first kappa shape index (κ1) is 23.6. The maximum Gasteiger partial charge on any atom is 0.321 e. The van der Waals surface area contributed by atoms with E-state index in [0.717, 1.165) is 12.8 Å². The molecule has 0 spiro atoms. The van der Waals surface area contributed by atoms with Gasteiger partial charge in [0, 0.05) is 6.04 Å². The van der Waals surface area contributed by atoms with Gasteiger partial charge in [0.05, 0.1) is 17.1 Å². The average molecular weight is 433 g/mol. The smallest absolute Gasteiger partial charge is 0.321 e. The van der Waals surface area contributed by atoms with Crippen LogP contribution < -0.4 is 10.0 Å². The number of aliphatic carboxylic acids is 2. The van der Waals surface area contributed by atoms with Crippen molar-refractivity contribution in [2.45, 2.75) is 83.2 Å². The lowest BCUT2D eigenvalue weighted by molar-refractivity contribution is -0.143. The van der Waals surface area contributed by atoms with Crippen molar-refractivity contribution in [1.82, 2.24) is 10.0 Å². The Labute approximate surface area is 171 Å². The number of carbonyl (C=O) groups is 3. The number of carboxylic acid groups (broad SMARTS) is 2. The first-order chi connectivity index (χ1) is 13.6. The summed E-state index contributed by atoms with van der Waals surface area (Å²) in [5, 5.41) is 21.6. The Morgan fingerprint density at radius 1 is 1.07 bits per heavy atom. The van der Waals surface area contributed by atoms with Crippen molar-refractivity contribution in [3.05, 3.63) is 0 Å². The van der Waals surface area contributed by atoms with Gasteiger partial charge in [-0.15, -0.1) is 0 Å². The zero-order valence-corrected chi connectivity index (χ0v) is 17.7. The number of nitrogens with one attached hydrogen (secondary N) is 2. The van der Waals surface area contributed by atoms with E-state index >= 15 is 0 Å². The first-order valence-electron chi connectivity index (χ1n) is 10.3. The SMILES string of the molecule is CCCS(=O)(=O)NC(CC1(C(=O)N[C@H]2CC[C@@H](C(=O)O)CC2)CCCC1)C(=O)O. The van der Waals surface area contributed by atoms with Gasteiger partial charge in [0.25, 0.3) is 0 Å². The molecule has 1 atom stereocenters. The van der Waals surface area contributed by atoms with Gasteiger partial charge in [0.15, 0.2) is 0 Å². The van der Waals surface area contributed by atoms with E-state index in [1.807, 2.05) is 0 Å². The van der Waals surface area contributed by atoms with Crippen molar-refractivity contribution in [2.24, 2.45) is 11.3 Å². The van der Waals surface area contributed by atoms with E-state index in [9.17, 15) is 27.9 Å². The van der Waals surface area contributed by atoms with Gasteiger partial charge in [-0.2, -0.15) is 0 Å². The predicted molar refractivity (Wildman–Crippen MR) is 106 cm³/mol. The summed E-state index contributed by atoms with van der Waals surface area (Å²) in [6.07, 6.45) is 5.04. The third-order valence-electron chi connectivity index (χ3n) is 6.14. The summed E-state index contributed by atoms with van der Waals surface area (Å²) in [5.41, 5.74) is -0.915. The van der Waals surface area contributed by atoms with E-state index < -0.39 is 33.4 Å². The van der Waals surface area contributed by atoms with Gasteiger partial charge >= 0.3 is 11.9 Å². The summed E-state index contributed by atoms with van der Waals surface area (Å²) in [6, 6.07) is -1.48. The topological polar surface area (TPSA) is 150 Å². The number of sulfonamides is 1. The second kappa shape index (κ2) is 9.88. The van der Waals surface area contributed by atoms with Crippen LogP contribution in [0.15, 0.2) is 0 Å². The molecule has 2 fully saturated rings. The Balaban J connectivity index is 2.06. The maximum absolute atomic E-state index is 13.1. The zero-order valence-electron chi connectivity index (χ0n) is 16.9. The fraction of sp³-hybridized carbons (Fsp3) is 0.842. The average Bonchev–Trinajstić information content (AvgIpc) is 3.11. The van der Waals surface area contributed by atoms with Gasteiger partial charge in [0.1, 0.15) is 6.04 Å². The number of hydrogen-bond donors (Lipinski definition) is 4. The number of hydrogen-bond acceptors (Lipinski definition) is 5. The Kier molecular flexibility index (Phi) is 8.04. The Morgan fingerprint density at radius 2 is 1.66 bits per heavy atom.